The molecule has 1 saturated heterocycles. The minimum absolute atomic E-state index is 0. The topological polar surface area (TPSA) is 48.9 Å². The first-order chi connectivity index (χ1) is 8.67. The van der Waals surface area contributed by atoms with E-state index in [4.69, 9.17) is 4.74 Å². The lowest BCUT2D eigenvalue weighted by molar-refractivity contribution is 0.179. The molecule has 1 rings (SSSR count). The van der Waals surface area contributed by atoms with Crippen molar-refractivity contribution in [3.8, 4) is 0 Å². The minimum atomic E-state index is 0. The van der Waals surface area contributed by atoms with Crippen molar-refractivity contribution in [1.82, 2.24) is 15.5 Å². The van der Waals surface area contributed by atoms with Gasteiger partial charge in [-0.2, -0.15) is 0 Å². The van der Waals surface area contributed by atoms with Crippen molar-refractivity contribution in [3.05, 3.63) is 0 Å². The van der Waals surface area contributed by atoms with Gasteiger partial charge in [0.2, 0.25) is 0 Å². The maximum absolute atomic E-state index is 5.12. The molecule has 0 bridgehead atoms. The molecular weight excluding hydrogens is 355 g/mol. The van der Waals surface area contributed by atoms with Crippen LogP contribution in [-0.4, -0.2) is 63.3 Å². The van der Waals surface area contributed by atoms with Crippen LogP contribution in [0.4, 0.5) is 0 Å². The molecule has 0 amide bonds. The lowest BCUT2D eigenvalue weighted by Gasteiger charge is -2.20. The molecule has 0 aliphatic carbocycles. The smallest absolute Gasteiger partial charge is 0.191 e. The molecule has 1 aliphatic rings. The summed E-state index contributed by atoms with van der Waals surface area (Å²) >= 11 is 0. The fourth-order valence-corrected chi connectivity index (χ4v) is 2.25. The second kappa shape index (κ2) is 10.7. The van der Waals surface area contributed by atoms with Gasteiger partial charge in [-0.3, -0.25) is 4.99 Å². The molecule has 1 heterocycles. The Morgan fingerprint density at radius 1 is 1.53 bits per heavy atom. The highest BCUT2D eigenvalue weighted by Gasteiger charge is 2.20. The van der Waals surface area contributed by atoms with Gasteiger partial charge in [-0.25, -0.2) is 0 Å². The molecule has 0 radical (unpaired) electrons. The molecule has 2 N–H and O–H groups in total. The lowest BCUT2D eigenvalue weighted by atomic mass is 10.2. The maximum atomic E-state index is 5.12. The third-order valence-corrected chi connectivity index (χ3v) is 3.28. The number of nitrogens with zero attached hydrogens (tertiary/aromatic N) is 2. The van der Waals surface area contributed by atoms with Crippen LogP contribution in [0.15, 0.2) is 4.99 Å². The van der Waals surface area contributed by atoms with Crippen LogP contribution in [0.1, 0.15) is 26.7 Å². The van der Waals surface area contributed by atoms with Gasteiger partial charge in [0.05, 0.1) is 13.2 Å². The Bertz CT molecular complexity index is 263. The van der Waals surface area contributed by atoms with Gasteiger partial charge in [0.15, 0.2) is 5.96 Å². The maximum Gasteiger partial charge on any atom is 0.191 e. The van der Waals surface area contributed by atoms with E-state index in [-0.39, 0.29) is 30.0 Å². The van der Waals surface area contributed by atoms with Crippen molar-refractivity contribution in [3.63, 3.8) is 0 Å². The second-order valence-corrected chi connectivity index (χ2v) is 5.00. The highest BCUT2D eigenvalue weighted by molar-refractivity contribution is 14.0. The summed E-state index contributed by atoms with van der Waals surface area (Å²) in [4.78, 5) is 7.06. The molecule has 2 atom stereocenters. The lowest BCUT2D eigenvalue weighted by Crippen LogP contribution is -2.44. The summed E-state index contributed by atoms with van der Waals surface area (Å²) in [7, 11) is 3.90. The molecule has 0 aromatic rings. The fourth-order valence-electron chi connectivity index (χ4n) is 2.25. The van der Waals surface area contributed by atoms with Crippen molar-refractivity contribution in [2.45, 2.75) is 38.8 Å². The van der Waals surface area contributed by atoms with Gasteiger partial charge in [0, 0.05) is 25.7 Å². The zero-order valence-electron chi connectivity index (χ0n) is 12.6. The van der Waals surface area contributed by atoms with E-state index in [0.29, 0.717) is 12.6 Å². The molecule has 0 spiro atoms. The van der Waals surface area contributed by atoms with Crippen molar-refractivity contribution >= 4 is 29.9 Å². The Kier molecular flexibility index (Phi) is 10.6. The minimum Gasteiger partial charge on any atom is -0.383 e. The van der Waals surface area contributed by atoms with Crippen LogP contribution >= 0.6 is 24.0 Å². The van der Waals surface area contributed by atoms with Gasteiger partial charge in [-0.05, 0) is 40.3 Å². The molecular formula is C13H29IN4O. The monoisotopic (exact) mass is 384 g/mol. The highest BCUT2D eigenvalue weighted by Crippen LogP contribution is 2.14. The molecule has 6 heteroatoms. The first-order valence-corrected chi connectivity index (χ1v) is 6.91. The van der Waals surface area contributed by atoms with Gasteiger partial charge in [-0.15, -0.1) is 24.0 Å². The number of methoxy groups -OCH3 is 1. The predicted molar refractivity (Wildman–Crippen MR) is 91.5 cm³/mol. The van der Waals surface area contributed by atoms with E-state index in [1.165, 1.54) is 19.4 Å². The van der Waals surface area contributed by atoms with Gasteiger partial charge in [0.25, 0.3) is 0 Å². The first-order valence-electron chi connectivity index (χ1n) is 6.91. The number of likely N-dealkylation sites (N-methyl/N-ethyl adjacent to an activating group) is 1. The first kappa shape index (κ1) is 18.9. The normalized spacial score (nSPS) is 21.9. The summed E-state index contributed by atoms with van der Waals surface area (Å²) in [5.41, 5.74) is 0. The van der Waals surface area contributed by atoms with E-state index in [0.717, 1.165) is 19.0 Å². The van der Waals surface area contributed by atoms with E-state index in [9.17, 15) is 0 Å². The Morgan fingerprint density at radius 2 is 2.26 bits per heavy atom. The van der Waals surface area contributed by atoms with Crippen molar-refractivity contribution in [2.75, 3.05) is 40.4 Å². The summed E-state index contributed by atoms with van der Waals surface area (Å²) in [6.07, 6.45) is 2.55. The fraction of sp³-hybridized carbons (Fsp3) is 0.923. The number of hydrogen-bond acceptors (Lipinski definition) is 3. The number of ether oxygens (including phenoxy) is 1. The van der Waals surface area contributed by atoms with Gasteiger partial charge < -0.3 is 20.3 Å². The second-order valence-electron chi connectivity index (χ2n) is 5.00. The molecule has 0 saturated carbocycles. The number of aliphatic imine (C=N–C) groups is 1. The number of nitrogens with one attached hydrogen (secondary N) is 2. The molecule has 0 aromatic carbocycles. The number of guanidine groups is 1. The molecule has 0 aromatic heterocycles. The molecule has 19 heavy (non-hydrogen) atoms. The Morgan fingerprint density at radius 3 is 2.79 bits per heavy atom. The van der Waals surface area contributed by atoms with Crippen LogP contribution in [0, 0.1) is 0 Å². The summed E-state index contributed by atoms with van der Waals surface area (Å²) in [6, 6.07) is 0.868. The Hall–Kier alpha value is -0.0800. The largest absolute Gasteiger partial charge is 0.383 e. The Balaban J connectivity index is 0.00000324. The van der Waals surface area contributed by atoms with Crippen LogP contribution in [0.2, 0.25) is 0 Å². The molecule has 1 fully saturated rings. The molecule has 1 aliphatic heterocycles. The van der Waals surface area contributed by atoms with Crippen molar-refractivity contribution in [1.29, 1.82) is 0 Å². The summed E-state index contributed by atoms with van der Waals surface area (Å²) in [5.74, 6) is 0.891. The number of likely N-dealkylation sites (tertiary alicyclic amines) is 1. The van der Waals surface area contributed by atoms with E-state index in [2.05, 4.69) is 41.4 Å². The predicted octanol–water partition coefficient (Wildman–Crippen LogP) is 1.29. The molecule has 2 unspecified atom stereocenters. The van der Waals surface area contributed by atoms with E-state index in [1.54, 1.807) is 7.11 Å². The van der Waals surface area contributed by atoms with Crippen molar-refractivity contribution < 1.29 is 4.74 Å². The third kappa shape index (κ3) is 7.31. The van der Waals surface area contributed by atoms with Gasteiger partial charge >= 0.3 is 0 Å². The summed E-state index contributed by atoms with van der Waals surface area (Å²) < 4.78 is 5.12. The number of hydrogen-bond donors (Lipinski definition) is 2. The van der Waals surface area contributed by atoms with Crippen LogP contribution in [0.5, 0.6) is 0 Å². The molecule has 114 valence electrons. The van der Waals surface area contributed by atoms with Crippen LogP contribution < -0.4 is 10.6 Å². The molecule has 5 nitrogen and oxygen atoms in total. The number of rotatable bonds is 6. The summed E-state index contributed by atoms with van der Waals surface area (Å²) in [6.45, 7) is 7.81. The van der Waals surface area contributed by atoms with E-state index in [1.807, 2.05) is 0 Å². The van der Waals surface area contributed by atoms with Crippen LogP contribution in [-0.2, 0) is 4.74 Å². The summed E-state index contributed by atoms with van der Waals surface area (Å²) in [5, 5.41) is 6.63. The average molecular weight is 384 g/mol. The van der Waals surface area contributed by atoms with Gasteiger partial charge in [0.1, 0.15) is 0 Å². The highest BCUT2D eigenvalue weighted by atomic mass is 127. The van der Waals surface area contributed by atoms with E-state index < -0.39 is 0 Å². The number of halogens is 1. The van der Waals surface area contributed by atoms with Crippen molar-refractivity contribution in [2.24, 2.45) is 4.99 Å². The third-order valence-electron chi connectivity index (χ3n) is 3.28. The standard InChI is InChI=1S/C13H28N4O.HI/c1-5-14-13(16-11(2)10-18-4)15-9-12-7-6-8-17(12)3;/h11-12H,5-10H2,1-4H3,(H2,14,15,16);1H. The quantitative estimate of drug-likeness (QED) is 0.412. The van der Waals surface area contributed by atoms with Gasteiger partial charge in [-0.1, -0.05) is 0 Å². The van der Waals surface area contributed by atoms with Crippen LogP contribution in [0.3, 0.4) is 0 Å². The Labute approximate surface area is 134 Å². The average Bonchev–Trinajstić information content (AvgIpc) is 2.72. The zero-order chi connectivity index (χ0) is 13.4. The van der Waals surface area contributed by atoms with Crippen LogP contribution in [0.25, 0.3) is 0 Å². The SMILES string of the molecule is CCNC(=NCC1CCCN1C)NC(C)COC.I. The zero-order valence-corrected chi connectivity index (χ0v) is 14.9. The van der Waals surface area contributed by atoms with E-state index >= 15 is 0 Å².